The Morgan fingerprint density at radius 2 is 1.41 bits per heavy atom. The van der Waals surface area contributed by atoms with Crippen LogP contribution in [0.3, 0.4) is 0 Å². The molecule has 1 unspecified atom stereocenters. The summed E-state index contributed by atoms with van der Waals surface area (Å²) < 4.78 is 0.830. The fraction of sp³-hybridized carbons (Fsp3) is 0.212. The Bertz CT molecular complexity index is 1810. The molecule has 1 aliphatic heterocycles. The molecule has 1 aliphatic rings. The average molecular weight is 622 g/mol. The molecule has 1 atom stereocenters. The summed E-state index contributed by atoms with van der Waals surface area (Å²) in [6.45, 7) is 1.32. The minimum absolute atomic E-state index is 0.0279. The summed E-state index contributed by atoms with van der Waals surface area (Å²) in [6, 6.07) is 27.9. The van der Waals surface area contributed by atoms with E-state index in [-0.39, 0.29) is 11.7 Å². The van der Waals surface area contributed by atoms with Gasteiger partial charge in [0.25, 0.3) is 5.91 Å². The van der Waals surface area contributed by atoms with E-state index < -0.39 is 47.7 Å². The van der Waals surface area contributed by atoms with Crippen molar-refractivity contribution in [2.75, 3.05) is 26.2 Å². The van der Waals surface area contributed by atoms with Gasteiger partial charge in [0.15, 0.2) is 5.69 Å². The maximum absolute atomic E-state index is 14.0. The molecule has 2 amide bonds. The van der Waals surface area contributed by atoms with Gasteiger partial charge in [-0.15, -0.1) is 5.10 Å². The first-order chi connectivity index (χ1) is 22.3. The smallest absolute Gasteiger partial charge is 0.359 e. The van der Waals surface area contributed by atoms with E-state index in [1.165, 1.54) is 0 Å². The number of carbonyl (C=O) groups is 4. The highest BCUT2D eigenvalue weighted by molar-refractivity contribution is 6.01. The van der Waals surface area contributed by atoms with Gasteiger partial charge in [-0.3, -0.25) is 14.5 Å². The number of nitrogens with one attached hydrogen (secondary N) is 2. The number of rotatable bonds is 10. The second-order valence-electron chi connectivity index (χ2n) is 11.0. The molecule has 0 spiro atoms. The molecule has 234 valence electrons. The topological polar surface area (TPSA) is 174 Å². The lowest BCUT2D eigenvalue weighted by Gasteiger charge is -2.40. The predicted octanol–water partition coefficient (Wildman–Crippen LogP) is 2.89. The number of fused-ring (bicyclic) bond motifs is 1. The Morgan fingerprint density at radius 3 is 2.00 bits per heavy atom. The SMILES string of the molecule is O=C(NC(Cn1nnc(C(=O)O)c1C(=O)O)C(=O)N1CCN(C(c2ccccc2)c2ccccc2)CC1)c1cc2ccccc2[nH]1. The number of aromatic carboxylic acids is 2. The lowest BCUT2D eigenvalue weighted by Crippen LogP contribution is -2.56. The second kappa shape index (κ2) is 13.0. The van der Waals surface area contributed by atoms with Crippen LogP contribution in [-0.4, -0.2) is 96.0 Å². The lowest BCUT2D eigenvalue weighted by molar-refractivity contribution is -0.135. The van der Waals surface area contributed by atoms with E-state index in [1.54, 1.807) is 11.0 Å². The molecule has 1 saturated heterocycles. The third-order valence-corrected chi connectivity index (χ3v) is 8.10. The van der Waals surface area contributed by atoms with Gasteiger partial charge in [-0.25, -0.2) is 14.3 Å². The van der Waals surface area contributed by atoms with Crippen LogP contribution in [-0.2, 0) is 11.3 Å². The fourth-order valence-corrected chi connectivity index (χ4v) is 5.89. The van der Waals surface area contributed by atoms with E-state index in [0.29, 0.717) is 26.2 Å². The van der Waals surface area contributed by atoms with E-state index in [9.17, 15) is 29.4 Å². The largest absolute Gasteiger partial charge is 0.476 e. The molecule has 0 saturated carbocycles. The molecule has 46 heavy (non-hydrogen) atoms. The third-order valence-electron chi connectivity index (χ3n) is 8.10. The van der Waals surface area contributed by atoms with Gasteiger partial charge in [-0.2, -0.15) is 0 Å². The first kappa shape index (κ1) is 30.2. The summed E-state index contributed by atoms with van der Waals surface area (Å²) in [5.74, 6) is -4.19. The van der Waals surface area contributed by atoms with Crippen molar-refractivity contribution in [3.8, 4) is 0 Å². The standard InChI is InChI=1S/C33H31N7O6/c41-30(25-19-23-13-7-8-14-24(23)34-25)35-26(20-40-29(33(45)46)27(32(43)44)36-37-40)31(42)39-17-15-38(16-18-39)28(21-9-3-1-4-10-21)22-11-5-2-6-12-22/h1-14,19,26,28,34H,15-18,20H2,(H,35,41)(H,43,44)(H,45,46). The highest BCUT2D eigenvalue weighted by atomic mass is 16.4. The highest BCUT2D eigenvalue weighted by Crippen LogP contribution is 2.29. The van der Waals surface area contributed by atoms with Crippen molar-refractivity contribution in [2.24, 2.45) is 0 Å². The van der Waals surface area contributed by atoms with Gasteiger partial charge in [0.05, 0.1) is 12.6 Å². The normalized spacial score (nSPS) is 14.3. The van der Waals surface area contributed by atoms with Gasteiger partial charge in [-0.1, -0.05) is 84.1 Å². The van der Waals surface area contributed by atoms with Gasteiger partial charge in [0, 0.05) is 37.1 Å². The number of benzene rings is 3. The van der Waals surface area contributed by atoms with Crippen LogP contribution in [0.5, 0.6) is 0 Å². The van der Waals surface area contributed by atoms with Crippen LogP contribution in [0.2, 0.25) is 0 Å². The van der Waals surface area contributed by atoms with Crippen LogP contribution < -0.4 is 5.32 Å². The number of carboxylic acid groups (broad SMARTS) is 2. The van der Waals surface area contributed by atoms with Crippen LogP contribution >= 0.6 is 0 Å². The first-order valence-electron chi connectivity index (χ1n) is 14.7. The number of H-pyrrole nitrogens is 1. The summed E-state index contributed by atoms with van der Waals surface area (Å²) in [5, 5.41) is 29.9. The molecule has 13 nitrogen and oxygen atoms in total. The van der Waals surface area contributed by atoms with E-state index in [0.717, 1.165) is 26.7 Å². The Hall–Kier alpha value is -5.82. The number of amides is 2. The van der Waals surface area contributed by atoms with Gasteiger partial charge in [0.1, 0.15) is 11.7 Å². The van der Waals surface area contributed by atoms with Crippen molar-refractivity contribution in [2.45, 2.75) is 18.6 Å². The van der Waals surface area contributed by atoms with Gasteiger partial charge in [0.2, 0.25) is 11.6 Å². The molecular formula is C33H31N7O6. The van der Waals surface area contributed by atoms with Crippen molar-refractivity contribution in [1.82, 2.24) is 35.1 Å². The lowest BCUT2D eigenvalue weighted by atomic mass is 9.96. The van der Waals surface area contributed by atoms with Crippen LogP contribution in [0.1, 0.15) is 48.6 Å². The molecule has 2 aromatic heterocycles. The van der Waals surface area contributed by atoms with E-state index in [2.05, 4.69) is 49.8 Å². The van der Waals surface area contributed by atoms with Gasteiger partial charge >= 0.3 is 11.9 Å². The zero-order valence-electron chi connectivity index (χ0n) is 24.6. The van der Waals surface area contributed by atoms with E-state index in [1.807, 2.05) is 60.7 Å². The highest BCUT2D eigenvalue weighted by Gasteiger charge is 2.34. The van der Waals surface area contributed by atoms with Gasteiger partial charge in [-0.05, 0) is 23.3 Å². The molecule has 0 radical (unpaired) electrons. The maximum Gasteiger partial charge on any atom is 0.359 e. The summed E-state index contributed by atoms with van der Waals surface area (Å²) >= 11 is 0. The molecule has 0 bridgehead atoms. The molecule has 3 aromatic carbocycles. The number of hydrogen-bond acceptors (Lipinski definition) is 7. The third kappa shape index (κ3) is 6.21. The number of hydrogen-bond donors (Lipinski definition) is 4. The second-order valence-corrected chi connectivity index (χ2v) is 11.0. The van der Waals surface area contributed by atoms with Crippen molar-refractivity contribution in [3.05, 3.63) is 119 Å². The van der Waals surface area contributed by atoms with Crippen LogP contribution in [0, 0.1) is 0 Å². The summed E-state index contributed by atoms with van der Waals surface area (Å²) in [6.07, 6.45) is 0. The minimum Gasteiger partial charge on any atom is -0.476 e. The van der Waals surface area contributed by atoms with E-state index >= 15 is 0 Å². The number of para-hydroxylation sites is 1. The minimum atomic E-state index is -1.57. The summed E-state index contributed by atoms with van der Waals surface area (Å²) in [7, 11) is 0. The quantitative estimate of drug-likeness (QED) is 0.183. The molecular weight excluding hydrogens is 590 g/mol. The van der Waals surface area contributed by atoms with Crippen molar-refractivity contribution in [1.29, 1.82) is 0 Å². The van der Waals surface area contributed by atoms with Gasteiger partial charge < -0.3 is 25.4 Å². The zero-order valence-corrected chi connectivity index (χ0v) is 24.6. The van der Waals surface area contributed by atoms with E-state index in [4.69, 9.17) is 0 Å². The zero-order chi connectivity index (χ0) is 32.2. The Labute approximate surface area is 263 Å². The summed E-state index contributed by atoms with van der Waals surface area (Å²) in [5.41, 5.74) is 1.73. The number of piperazine rings is 1. The number of carboxylic acids is 2. The van der Waals surface area contributed by atoms with Crippen LogP contribution in [0.4, 0.5) is 0 Å². The van der Waals surface area contributed by atoms with Crippen LogP contribution in [0.15, 0.2) is 91.0 Å². The molecule has 6 rings (SSSR count). The first-order valence-corrected chi connectivity index (χ1v) is 14.7. The Morgan fingerprint density at radius 1 is 0.804 bits per heavy atom. The maximum atomic E-state index is 14.0. The molecule has 3 heterocycles. The Balaban J connectivity index is 1.25. The monoisotopic (exact) mass is 621 g/mol. The molecule has 13 heteroatoms. The number of carbonyl (C=O) groups excluding carboxylic acids is 2. The molecule has 4 N–H and O–H groups in total. The number of aromatic amines is 1. The van der Waals surface area contributed by atoms with Crippen LogP contribution in [0.25, 0.3) is 10.9 Å². The Kier molecular flexibility index (Phi) is 8.57. The van der Waals surface area contributed by atoms with Crippen molar-refractivity contribution < 1.29 is 29.4 Å². The summed E-state index contributed by atoms with van der Waals surface area (Å²) in [4.78, 5) is 58.0. The average Bonchev–Trinajstić information content (AvgIpc) is 3.71. The molecule has 1 fully saturated rings. The molecule has 5 aromatic rings. The predicted molar refractivity (Wildman–Crippen MR) is 166 cm³/mol. The van der Waals surface area contributed by atoms with Crippen molar-refractivity contribution in [3.63, 3.8) is 0 Å². The van der Waals surface area contributed by atoms with Crippen molar-refractivity contribution >= 4 is 34.7 Å². The fourth-order valence-electron chi connectivity index (χ4n) is 5.89. The number of nitrogens with zero attached hydrogens (tertiary/aromatic N) is 5. The number of aromatic nitrogens is 4. The molecule has 0 aliphatic carbocycles.